The highest BCUT2D eigenvalue weighted by Crippen LogP contribution is 2.57. The monoisotopic (exact) mass is 540 g/mol. The van der Waals surface area contributed by atoms with Crippen LogP contribution in [0, 0.1) is 0 Å². The third-order valence-corrected chi connectivity index (χ3v) is 15.9. The van der Waals surface area contributed by atoms with E-state index in [0.29, 0.717) is 0 Å². The van der Waals surface area contributed by atoms with Gasteiger partial charge in [-0.25, -0.2) is 0 Å². The third kappa shape index (κ3) is 4.76. The Morgan fingerprint density at radius 1 is 0.410 bits per heavy atom. The first-order chi connectivity index (χ1) is 19.3. The zero-order valence-corrected chi connectivity index (χ0v) is 23.7. The summed E-state index contributed by atoms with van der Waals surface area (Å²) in [6, 6.07) is 55.2. The second-order valence-electron chi connectivity index (χ2n) is 9.66. The molecule has 0 fully saturated rings. The first-order valence-electron chi connectivity index (χ1n) is 13.5. The molecule has 5 aromatic carbocycles. The molecule has 0 saturated carbocycles. The van der Waals surface area contributed by atoms with E-state index in [1.807, 2.05) is 0 Å². The summed E-state index contributed by atoms with van der Waals surface area (Å²) in [6.07, 6.45) is 8.92. The van der Waals surface area contributed by atoms with Gasteiger partial charge in [0.05, 0.1) is 26.5 Å². The van der Waals surface area contributed by atoms with Crippen LogP contribution in [0.1, 0.15) is 12.8 Å². The Morgan fingerprint density at radius 3 is 1.05 bits per heavy atom. The molecule has 0 bridgehead atoms. The number of hydrogen-bond acceptors (Lipinski definition) is 0. The van der Waals surface area contributed by atoms with E-state index in [0.717, 1.165) is 12.8 Å². The van der Waals surface area contributed by atoms with Crippen LogP contribution in [0.3, 0.4) is 0 Å². The molecule has 0 N–H and O–H groups in total. The number of allylic oxidation sites excluding steroid dienone is 4. The lowest BCUT2D eigenvalue weighted by molar-refractivity contribution is 1.02. The standard InChI is InChI=1S/C36H32NP2/c1-7-19-31(20-8-1)38(32-21-9-2-10-22-32,33-23-11-3-12-24-33)37-39(34-25-13-4-14-26-34,35-27-15-5-16-28-35)36-29-17-6-18-30-36/h1-17,19-29H,18,30H2/q+1. The van der Waals surface area contributed by atoms with Gasteiger partial charge in [-0.05, 0) is 73.5 Å². The Hall–Kier alpha value is -3.85. The van der Waals surface area contributed by atoms with Crippen molar-refractivity contribution in [1.29, 1.82) is 0 Å². The van der Waals surface area contributed by atoms with E-state index < -0.39 is 14.1 Å². The Morgan fingerprint density at radius 2 is 0.744 bits per heavy atom. The van der Waals surface area contributed by atoms with Crippen molar-refractivity contribution >= 4 is 40.6 Å². The number of benzene rings is 5. The average Bonchev–Trinajstić information content (AvgIpc) is 3.04. The number of nitrogens with zero attached hydrogens (tertiary/aromatic N) is 1. The number of rotatable bonds is 6. The molecular formula is C36H32NP2+. The minimum absolute atomic E-state index is 1.01. The summed E-state index contributed by atoms with van der Waals surface area (Å²) < 4.78 is 6.43. The molecule has 1 aliphatic rings. The van der Waals surface area contributed by atoms with Gasteiger partial charge >= 0.3 is 7.05 Å². The smallest absolute Gasteiger partial charge is 0.148 e. The first-order valence-corrected chi connectivity index (χ1v) is 17.0. The topological polar surface area (TPSA) is 14.1 Å². The predicted molar refractivity (Wildman–Crippen MR) is 173 cm³/mol. The first kappa shape index (κ1) is 25.4. The fraction of sp³-hybridized carbons (Fsp3) is 0.0556. The Balaban J connectivity index is 2.00. The molecule has 0 spiro atoms. The highest BCUT2D eigenvalue weighted by molar-refractivity contribution is 7.92. The van der Waals surface area contributed by atoms with Gasteiger partial charge in [-0.2, -0.15) is 0 Å². The van der Waals surface area contributed by atoms with Gasteiger partial charge in [-0.15, -0.1) is 4.17 Å². The van der Waals surface area contributed by atoms with Crippen LogP contribution >= 0.6 is 14.1 Å². The SMILES string of the molecule is C1=CCCC(P(=[N+]=P(c2ccccc2)(c2ccccc2)c2ccccc2)(c2ccccc2)c2ccccc2)=C1. The van der Waals surface area contributed by atoms with Gasteiger partial charge in [0, 0.05) is 5.31 Å². The Kier molecular flexibility index (Phi) is 7.49. The normalized spacial score (nSPS) is 13.4. The lowest BCUT2D eigenvalue weighted by atomic mass is 10.2. The Bertz CT molecular complexity index is 1570. The van der Waals surface area contributed by atoms with Gasteiger partial charge in [-0.1, -0.05) is 109 Å². The van der Waals surface area contributed by atoms with Crippen molar-refractivity contribution in [3.05, 3.63) is 175 Å². The summed E-state index contributed by atoms with van der Waals surface area (Å²) >= 11 is 0. The van der Waals surface area contributed by atoms with Crippen molar-refractivity contribution in [2.75, 3.05) is 0 Å². The number of hydrogen-bond donors (Lipinski definition) is 0. The minimum Gasteiger partial charge on any atom is -0.148 e. The molecule has 6 rings (SSSR count). The van der Waals surface area contributed by atoms with Gasteiger partial charge in [0.2, 0.25) is 0 Å². The molecule has 5 aromatic rings. The van der Waals surface area contributed by atoms with E-state index in [9.17, 15) is 0 Å². The van der Waals surface area contributed by atoms with E-state index in [1.165, 1.54) is 31.8 Å². The molecular weight excluding hydrogens is 508 g/mol. The summed E-state index contributed by atoms with van der Waals surface area (Å²) in [4.78, 5) is 0. The van der Waals surface area contributed by atoms with Gasteiger partial charge in [0.1, 0.15) is 0 Å². The highest BCUT2D eigenvalue weighted by atomic mass is 31.2. The van der Waals surface area contributed by atoms with Crippen molar-refractivity contribution in [1.82, 2.24) is 4.17 Å². The van der Waals surface area contributed by atoms with Gasteiger partial charge in [-0.3, -0.25) is 0 Å². The van der Waals surface area contributed by atoms with Gasteiger partial charge in [0.15, 0.2) is 0 Å². The summed E-state index contributed by atoms with van der Waals surface area (Å²) in [5, 5.41) is 7.91. The van der Waals surface area contributed by atoms with Gasteiger partial charge < -0.3 is 0 Å². The van der Waals surface area contributed by atoms with Crippen LogP contribution in [-0.2, 0) is 0 Å². The van der Waals surface area contributed by atoms with E-state index in [4.69, 9.17) is 4.17 Å². The lowest BCUT2D eigenvalue weighted by Crippen LogP contribution is -2.29. The average molecular weight is 541 g/mol. The quantitative estimate of drug-likeness (QED) is 0.158. The molecule has 0 amide bonds. The fourth-order valence-corrected chi connectivity index (χ4v) is 15.3. The second kappa shape index (κ2) is 11.5. The molecule has 39 heavy (non-hydrogen) atoms. The lowest BCUT2D eigenvalue weighted by Gasteiger charge is -2.22. The van der Waals surface area contributed by atoms with Crippen LogP contribution < -0.4 is 30.7 Å². The molecule has 0 saturated heterocycles. The van der Waals surface area contributed by atoms with Crippen LogP contribution in [-0.4, -0.2) is 0 Å². The summed E-state index contributed by atoms with van der Waals surface area (Å²) in [5.74, 6) is 0. The third-order valence-electron chi connectivity index (χ3n) is 7.33. The summed E-state index contributed by atoms with van der Waals surface area (Å²) in [7, 11) is -4.87. The van der Waals surface area contributed by atoms with Crippen molar-refractivity contribution in [3.8, 4) is 0 Å². The van der Waals surface area contributed by atoms with Crippen molar-refractivity contribution < 1.29 is 0 Å². The Labute approximate surface area is 232 Å². The molecule has 1 nitrogen and oxygen atoms in total. The molecule has 1 aliphatic carbocycles. The summed E-state index contributed by atoms with van der Waals surface area (Å²) in [5.41, 5.74) is 0. The minimum atomic E-state index is -2.46. The zero-order chi connectivity index (χ0) is 26.4. The van der Waals surface area contributed by atoms with Gasteiger partial charge in [0.25, 0.3) is 7.05 Å². The molecule has 0 aromatic heterocycles. The summed E-state index contributed by atoms with van der Waals surface area (Å²) in [6.45, 7) is 0. The van der Waals surface area contributed by atoms with Crippen LogP contribution in [0.2, 0.25) is 0 Å². The van der Waals surface area contributed by atoms with Crippen LogP contribution in [0.25, 0.3) is 0 Å². The molecule has 0 unspecified atom stereocenters. The van der Waals surface area contributed by atoms with Crippen molar-refractivity contribution in [2.45, 2.75) is 12.8 Å². The molecule has 0 radical (unpaired) electrons. The van der Waals surface area contributed by atoms with Crippen molar-refractivity contribution in [2.24, 2.45) is 0 Å². The molecule has 190 valence electrons. The van der Waals surface area contributed by atoms with Crippen LogP contribution in [0.4, 0.5) is 0 Å². The zero-order valence-electron chi connectivity index (χ0n) is 21.9. The fourth-order valence-electron chi connectivity index (χ4n) is 5.52. The van der Waals surface area contributed by atoms with E-state index in [2.05, 4.69) is 170 Å². The largest absolute Gasteiger partial charge is 0.301 e. The predicted octanol–water partition coefficient (Wildman–Crippen LogP) is 7.32. The molecule has 0 atom stereocenters. The molecule has 0 heterocycles. The van der Waals surface area contributed by atoms with E-state index in [-0.39, 0.29) is 0 Å². The maximum absolute atomic E-state index is 6.43. The maximum atomic E-state index is 6.43. The van der Waals surface area contributed by atoms with E-state index >= 15 is 0 Å². The molecule has 0 aliphatic heterocycles. The molecule has 3 heteroatoms. The highest BCUT2D eigenvalue weighted by Gasteiger charge is 2.45. The van der Waals surface area contributed by atoms with Crippen LogP contribution in [0.15, 0.2) is 175 Å². The maximum Gasteiger partial charge on any atom is 0.301 e. The van der Waals surface area contributed by atoms with E-state index in [1.54, 1.807) is 0 Å². The van der Waals surface area contributed by atoms with Crippen LogP contribution in [0.5, 0.6) is 0 Å². The second-order valence-corrected chi connectivity index (χ2v) is 16.1. The van der Waals surface area contributed by atoms with Crippen molar-refractivity contribution in [3.63, 3.8) is 0 Å².